The number of hydrogen-bond acceptors (Lipinski definition) is 4. The minimum atomic E-state index is -0.698. The van der Waals surface area contributed by atoms with E-state index in [1.165, 1.54) is 4.90 Å². The Labute approximate surface area is 125 Å². The van der Waals surface area contributed by atoms with Gasteiger partial charge in [0.1, 0.15) is 0 Å². The molecule has 1 rings (SSSR count). The van der Waals surface area contributed by atoms with Crippen molar-refractivity contribution >= 4 is 11.9 Å². The summed E-state index contributed by atoms with van der Waals surface area (Å²) in [4.78, 5) is 25.6. The van der Waals surface area contributed by atoms with Crippen LogP contribution in [0, 0.1) is 17.8 Å². The SMILES string of the molecule is C#C/C=C1\C(=C/CN)C(C)(C)C(=O)N1CCC(=O)OCC. The highest BCUT2D eigenvalue weighted by Crippen LogP contribution is 2.42. The molecular formula is C16H22N2O3. The summed E-state index contributed by atoms with van der Waals surface area (Å²) in [5.41, 5.74) is 6.33. The van der Waals surface area contributed by atoms with Crippen LogP contribution in [0.4, 0.5) is 0 Å². The van der Waals surface area contributed by atoms with Crippen LogP contribution in [0.5, 0.6) is 0 Å². The first-order valence-corrected chi connectivity index (χ1v) is 6.95. The van der Waals surface area contributed by atoms with Gasteiger partial charge in [-0.05, 0) is 26.3 Å². The molecule has 0 aromatic carbocycles. The third-order valence-electron chi connectivity index (χ3n) is 3.41. The molecule has 1 aliphatic rings. The number of nitrogens with zero attached hydrogens (tertiary/aromatic N) is 1. The van der Waals surface area contributed by atoms with Crippen LogP contribution in [0.25, 0.3) is 0 Å². The Morgan fingerprint density at radius 2 is 2.19 bits per heavy atom. The molecule has 0 bridgehead atoms. The number of allylic oxidation sites excluding steroid dienone is 2. The largest absolute Gasteiger partial charge is 0.466 e. The summed E-state index contributed by atoms with van der Waals surface area (Å²) < 4.78 is 4.89. The zero-order valence-electron chi connectivity index (χ0n) is 12.8. The van der Waals surface area contributed by atoms with E-state index in [1.54, 1.807) is 19.1 Å². The van der Waals surface area contributed by atoms with Crippen molar-refractivity contribution in [2.45, 2.75) is 27.2 Å². The first-order chi connectivity index (χ1) is 9.89. The highest BCUT2D eigenvalue weighted by atomic mass is 16.5. The number of rotatable bonds is 5. The van der Waals surface area contributed by atoms with Gasteiger partial charge in [-0.3, -0.25) is 9.59 Å². The molecule has 1 fully saturated rings. The molecule has 0 aromatic rings. The zero-order chi connectivity index (χ0) is 16.0. The third-order valence-corrected chi connectivity index (χ3v) is 3.41. The molecule has 0 spiro atoms. The molecule has 0 unspecified atom stereocenters. The molecule has 21 heavy (non-hydrogen) atoms. The van der Waals surface area contributed by atoms with Crippen molar-refractivity contribution in [3.8, 4) is 12.3 Å². The second-order valence-electron chi connectivity index (χ2n) is 5.19. The second kappa shape index (κ2) is 7.09. The number of ether oxygens (including phenoxy) is 1. The molecule has 0 saturated carbocycles. The van der Waals surface area contributed by atoms with Crippen LogP contribution in [0.15, 0.2) is 23.4 Å². The lowest BCUT2D eigenvalue weighted by Crippen LogP contribution is -2.32. The van der Waals surface area contributed by atoms with Gasteiger partial charge < -0.3 is 15.4 Å². The molecule has 0 atom stereocenters. The minimum absolute atomic E-state index is 0.0898. The number of esters is 1. The van der Waals surface area contributed by atoms with Gasteiger partial charge in [0.15, 0.2) is 0 Å². The van der Waals surface area contributed by atoms with Gasteiger partial charge in [0, 0.05) is 19.2 Å². The van der Waals surface area contributed by atoms with E-state index in [1.807, 2.05) is 13.8 Å². The summed E-state index contributed by atoms with van der Waals surface area (Å²) in [6.45, 7) is 6.28. The van der Waals surface area contributed by atoms with E-state index in [4.69, 9.17) is 16.9 Å². The maximum absolute atomic E-state index is 12.6. The Bertz CT molecular complexity index is 524. The Kier molecular flexibility index (Phi) is 5.74. The smallest absolute Gasteiger partial charge is 0.307 e. The fraction of sp³-hybridized carbons (Fsp3) is 0.500. The van der Waals surface area contributed by atoms with Crippen LogP contribution in [0.3, 0.4) is 0 Å². The molecule has 0 aliphatic carbocycles. The van der Waals surface area contributed by atoms with Crippen LogP contribution >= 0.6 is 0 Å². The monoisotopic (exact) mass is 290 g/mol. The van der Waals surface area contributed by atoms with E-state index in [0.29, 0.717) is 18.8 Å². The molecule has 114 valence electrons. The van der Waals surface area contributed by atoms with E-state index < -0.39 is 5.41 Å². The summed E-state index contributed by atoms with van der Waals surface area (Å²) in [7, 11) is 0. The molecule has 0 aromatic heterocycles. The van der Waals surface area contributed by atoms with Crippen LogP contribution in [-0.4, -0.2) is 36.5 Å². The maximum Gasteiger partial charge on any atom is 0.307 e. The number of nitrogens with two attached hydrogens (primary N) is 1. The van der Waals surface area contributed by atoms with Crippen molar-refractivity contribution in [3.63, 3.8) is 0 Å². The fourth-order valence-electron chi connectivity index (χ4n) is 2.40. The van der Waals surface area contributed by atoms with Gasteiger partial charge in [-0.2, -0.15) is 0 Å². The summed E-state index contributed by atoms with van der Waals surface area (Å²) in [6.07, 6.45) is 8.82. The number of amides is 1. The van der Waals surface area contributed by atoms with Crippen LogP contribution in [0.2, 0.25) is 0 Å². The van der Waals surface area contributed by atoms with E-state index in [-0.39, 0.29) is 24.8 Å². The van der Waals surface area contributed by atoms with Gasteiger partial charge in [0.25, 0.3) is 0 Å². The van der Waals surface area contributed by atoms with Crippen molar-refractivity contribution in [1.29, 1.82) is 0 Å². The topological polar surface area (TPSA) is 72.6 Å². The number of terminal acetylenes is 1. The van der Waals surface area contributed by atoms with Gasteiger partial charge >= 0.3 is 5.97 Å². The minimum Gasteiger partial charge on any atom is -0.466 e. The molecule has 1 aliphatic heterocycles. The average molecular weight is 290 g/mol. The third kappa shape index (κ3) is 3.53. The van der Waals surface area contributed by atoms with E-state index >= 15 is 0 Å². The lowest BCUT2D eigenvalue weighted by atomic mass is 9.85. The van der Waals surface area contributed by atoms with E-state index in [2.05, 4.69) is 5.92 Å². The van der Waals surface area contributed by atoms with Crippen LogP contribution < -0.4 is 5.73 Å². The van der Waals surface area contributed by atoms with Crippen molar-refractivity contribution < 1.29 is 14.3 Å². The zero-order valence-corrected chi connectivity index (χ0v) is 12.8. The van der Waals surface area contributed by atoms with Crippen LogP contribution in [-0.2, 0) is 14.3 Å². The number of likely N-dealkylation sites (tertiary alicyclic amines) is 1. The normalized spacial score (nSPS) is 20.9. The van der Waals surface area contributed by atoms with Gasteiger partial charge in [-0.15, -0.1) is 6.42 Å². The van der Waals surface area contributed by atoms with Gasteiger partial charge in [-0.1, -0.05) is 12.0 Å². The Morgan fingerprint density at radius 3 is 2.71 bits per heavy atom. The fourth-order valence-corrected chi connectivity index (χ4v) is 2.40. The van der Waals surface area contributed by atoms with Crippen LogP contribution in [0.1, 0.15) is 27.2 Å². The number of hydrogen-bond donors (Lipinski definition) is 1. The summed E-state index contributed by atoms with van der Waals surface area (Å²) in [6, 6.07) is 0. The van der Waals surface area contributed by atoms with Crippen molar-refractivity contribution in [3.05, 3.63) is 23.4 Å². The van der Waals surface area contributed by atoms with Crippen molar-refractivity contribution in [2.75, 3.05) is 19.7 Å². The van der Waals surface area contributed by atoms with Gasteiger partial charge in [0.2, 0.25) is 5.91 Å². The standard InChI is InChI=1S/C16H22N2O3/c1-5-7-13-12(8-10-17)16(3,4)15(20)18(13)11-9-14(19)21-6-2/h1,7-8H,6,9-11,17H2,2-4H3/b12-8+,13-7+. The molecule has 5 nitrogen and oxygen atoms in total. The summed E-state index contributed by atoms with van der Waals surface area (Å²) in [5, 5.41) is 0. The van der Waals surface area contributed by atoms with Crippen molar-refractivity contribution in [2.24, 2.45) is 11.1 Å². The summed E-state index contributed by atoms with van der Waals surface area (Å²) in [5.74, 6) is 2.02. The first-order valence-electron chi connectivity index (χ1n) is 6.95. The lowest BCUT2D eigenvalue weighted by Gasteiger charge is -2.18. The molecule has 1 amide bonds. The Hall–Kier alpha value is -2.06. The second-order valence-corrected chi connectivity index (χ2v) is 5.19. The predicted molar refractivity (Wildman–Crippen MR) is 80.8 cm³/mol. The predicted octanol–water partition coefficient (Wildman–Crippen LogP) is 1.21. The molecule has 5 heteroatoms. The molecular weight excluding hydrogens is 268 g/mol. The van der Waals surface area contributed by atoms with E-state index in [0.717, 1.165) is 5.57 Å². The lowest BCUT2D eigenvalue weighted by molar-refractivity contribution is -0.143. The van der Waals surface area contributed by atoms with Gasteiger partial charge in [0.05, 0.1) is 24.1 Å². The van der Waals surface area contributed by atoms with E-state index in [9.17, 15) is 9.59 Å². The number of carbonyl (C=O) groups excluding carboxylic acids is 2. The average Bonchev–Trinajstić information content (AvgIpc) is 2.59. The first kappa shape index (κ1) is 17.0. The molecule has 0 radical (unpaired) electrons. The Morgan fingerprint density at radius 1 is 1.52 bits per heavy atom. The maximum atomic E-state index is 12.6. The van der Waals surface area contributed by atoms with Crippen molar-refractivity contribution in [1.82, 2.24) is 4.90 Å². The quantitative estimate of drug-likeness (QED) is 0.610. The summed E-state index contributed by atoms with van der Waals surface area (Å²) >= 11 is 0. The number of carbonyl (C=O) groups is 2. The molecule has 2 N–H and O–H groups in total. The highest BCUT2D eigenvalue weighted by Gasteiger charge is 2.46. The molecule has 1 saturated heterocycles. The Balaban J connectivity index is 3.05. The van der Waals surface area contributed by atoms with Gasteiger partial charge in [-0.25, -0.2) is 0 Å². The molecule has 1 heterocycles. The highest BCUT2D eigenvalue weighted by molar-refractivity contribution is 5.93.